The van der Waals surface area contributed by atoms with Gasteiger partial charge in [-0.05, 0) is 56.8 Å². The molecule has 2 saturated carbocycles. The standard InChI is InChI=1S/C20H38O4P2/c1-2-22-13-7-6-10-16-17(20(24-26)14-18(16)21)11-12-19(23-25)15-8-4-3-5-9-15/h6-7,15-21H,2-5,8-14,25-26H2,1H3/b7-6+. The largest absolute Gasteiger partial charge is 0.393 e. The van der Waals surface area contributed by atoms with E-state index in [-0.39, 0.29) is 18.1 Å². The van der Waals surface area contributed by atoms with E-state index in [4.69, 9.17) is 13.8 Å². The molecule has 0 aromatic rings. The van der Waals surface area contributed by atoms with Gasteiger partial charge in [0.15, 0.2) is 0 Å². The molecule has 0 aromatic carbocycles. The lowest BCUT2D eigenvalue weighted by Crippen LogP contribution is -2.27. The summed E-state index contributed by atoms with van der Waals surface area (Å²) in [6, 6.07) is 0. The maximum absolute atomic E-state index is 10.5. The van der Waals surface area contributed by atoms with Crippen molar-refractivity contribution in [1.82, 2.24) is 0 Å². The van der Waals surface area contributed by atoms with E-state index in [0.717, 1.165) is 32.3 Å². The minimum absolute atomic E-state index is 0.122. The van der Waals surface area contributed by atoms with Crippen LogP contribution in [0.25, 0.3) is 0 Å². The summed E-state index contributed by atoms with van der Waals surface area (Å²) in [5, 5.41) is 10.5. The quantitative estimate of drug-likeness (QED) is 0.309. The number of hydrogen-bond donors (Lipinski definition) is 1. The number of aliphatic hydroxyl groups excluding tert-OH is 1. The minimum Gasteiger partial charge on any atom is -0.393 e. The Hall–Kier alpha value is 0.440. The van der Waals surface area contributed by atoms with E-state index in [1.165, 1.54) is 32.1 Å². The van der Waals surface area contributed by atoms with Crippen LogP contribution in [0.15, 0.2) is 12.2 Å². The van der Waals surface area contributed by atoms with E-state index in [0.29, 0.717) is 24.5 Å². The molecule has 0 aromatic heterocycles. The van der Waals surface area contributed by atoms with E-state index in [1.54, 1.807) is 0 Å². The fourth-order valence-electron chi connectivity index (χ4n) is 4.82. The van der Waals surface area contributed by atoms with Gasteiger partial charge in [-0.15, -0.1) is 0 Å². The summed E-state index contributed by atoms with van der Waals surface area (Å²) < 4.78 is 16.8. The Morgan fingerprint density at radius 1 is 1.12 bits per heavy atom. The zero-order chi connectivity index (χ0) is 18.8. The first kappa shape index (κ1) is 22.7. The average Bonchev–Trinajstić information content (AvgIpc) is 2.98. The first-order chi connectivity index (χ1) is 12.7. The van der Waals surface area contributed by atoms with Crippen LogP contribution in [-0.2, 0) is 13.8 Å². The van der Waals surface area contributed by atoms with Crippen LogP contribution in [0.1, 0.15) is 64.7 Å². The van der Waals surface area contributed by atoms with E-state index < -0.39 is 0 Å². The van der Waals surface area contributed by atoms with Crippen LogP contribution in [0.5, 0.6) is 0 Å². The Kier molecular flexibility index (Phi) is 11.2. The molecule has 2 aliphatic rings. The van der Waals surface area contributed by atoms with Crippen molar-refractivity contribution >= 4 is 18.9 Å². The Labute approximate surface area is 164 Å². The van der Waals surface area contributed by atoms with E-state index in [9.17, 15) is 5.11 Å². The number of aliphatic hydroxyl groups is 1. The highest BCUT2D eigenvalue weighted by molar-refractivity contribution is 7.10. The van der Waals surface area contributed by atoms with Crippen LogP contribution in [0.4, 0.5) is 0 Å². The third-order valence-electron chi connectivity index (χ3n) is 6.30. The maximum Gasteiger partial charge on any atom is 0.0667 e. The van der Waals surface area contributed by atoms with Gasteiger partial charge in [0, 0.05) is 32.0 Å². The van der Waals surface area contributed by atoms with Crippen molar-refractivity contribution < 1.29 is 18.9 Å². The highest BCUT2D eigenvalue weighted by Crippen LogP contribution is 2.42. The van der Waals surface area contributed by atoms with E-state index in [2.05, 4.69) is 31.1 Å². The molecule has 1 N–H and O–H groups in total. The second kappa shape index (κ2) is 12.8. The summed E-state index contributed by atoms with van der Waals surface area (Å²) in [5.41, 5.74) is 0. The van der Waals surface area contributed by atoms with Gasteiger partial charge in [-0.3, -0.25) is 0 Å². The fraction of sp³-hybridized carbons (Fsp3) is 0.900. The lowest BCUT2D eigenvalue weighted by atomic mass is 9.80. The Morgan fingerprint density at radius 2 is 1.88 bits per heavy atom. The predicted molar refractivity (Wildman–Crippen MR) is 113 cm³/mol. The van der Waals surface area contributed by atoms with Crippen LogP contribution in [0.2, 0.25) is 0 Å². The molecule has 6 heteroatoms. The molecular formula is C20H38O4P2. The zero-order valence-electron chi connectivity index (χ0n) is 16.2. The van der Waals surface area contributed by atoms with Crippen molar-refractivity contribution in [2.75, 3.05) is 13.2 Å². The summed E-state index contributed by atoms with van der Waals surface area (Å²) in [4.78, 5) is 0. The van der Waals surface area contributed by atoms with Crippen molar-refractivity contribution in [2.24, 2.45) is 17.8 Å². The van der Waals surface area contributed by atoms with Gasteiger partial charge in [-0.25, -0.2) is 0 Å². The van der Waals surface area contributed by atoms with Crippen molar-refractivity contribution in [2.45, 2.75) is 83.0 Å². The van der Waals surface area contributed by atoms with Gasteiger partial charge in [-0.1, -0.05) is 31.4 Å². The number of allylic oxidation sites excluding steroid dienone is 1. The van der Waals surface area contributed by atoms with Crippen molar-refractivity contribution in [1.29, 1.82) is 0 Å². The summed E-state index contributed by atoms with van der Waals surface area (Å²) in [7, 11) is 4.90. The van der Waals surface area contributed by atoms with Gasteiger partial charge in [-0.2, -0.15) is 0 Å². The number of ether oxygens (including phenoxy) is 1. The van der Waals surface area contributed by atoms with Gasteiger partial charge in [0.2, 0.25) is 0 Å². The molecule has 0 bridgehead atoms. The summed E-state index contributed by atoms with van der Waals surface area (Å²) >= 11 is 0. The molecule has 4 nitrogen and oxygen atoms in total. The molecule has 7 unspecified atom stereocenters. The third kappa shape index (κ3) is 6.80. The van der Waals surface area contributed by atoms with Crippen LogP contribution in [0, 0.1) is 17.8 Å². The molecule has 0 spiro atoms. The number of rotatable bonds is 11. The Bertz CT molecular complexity index is 401. The second-order valence-electron chi connectivity index (χ2n) is 7.82. The zero-order valence-corrected chi connectivity index (χ0v) is 18.5. The predicted octanol–water partition coefficient (Wildman–Crippen LogP) is 4.68. The molecule has 0 heterocycles. The third-order valence-corrected chi connectivity index (χ3v) is 7.00. The monoisotopic (exact) mass is 404 g/mol. The van der Waals surface area contributed by atoms with Crippen molar-refractivity contribution in [3.05, 3.63) is 12.2 Å². The second-order valence-corrected chi connectivity index (χ2v) is 8.37. The van der Waals surface area contributed by atoms with Crippen LogP contribution in [-0.4, -0.2) is 36.6 Å². The lowest BCUT2D eigenvalue weighted by molar-refractivity contribution is 0.0859. The molecule has 0 radical (unpaired) electrons. The van der Waals surface area contributed by atoms with Crippen molar-refractivity contribution in [3.8, 4) is 0 Å². The molecule has 2 aliphatic carbocycles. The van der Waals surface area contributed by atoms with Gasteiger partial charge < -0.3 is 18.9 Å². The molecule has 7 atom stereocenters. The SMILES string of the molecule is CCOC/C=C/CC1C(O)CC(OP)C1CCC(OP)C1CCCCC1. The Morgan fingerprint density at radius 3 is 2.54 bits per heavy atom. The normalized spacial score (nSPS) is 31.7. The first-order valence-electron chi connectivity index (χ1n) is 10.3. The first-order valence-corrected chi connectivity index (χ1v) is 11.3. The van der Waals surface area contributed by atoms with Crippen molar-refractivity contribution in [3.63, 3.8) is 0 Å². The molecule has 26 heavy (non-hydrogen) atoms. The van der Waals surface area contributed by atoms with Gasteiger partial charge >= 0.3 is 0 Å². The summed E-state index contributed by atoms with van der Waals surface area (Å²) in [5.74, 6) is 1.33. The molecule has 2 rings (SSSR count). The maximum atomic E-state index is 10.5. The minimum atomic E-state index is -0.285. The lowest BCUT2D eigenvalue weighted by Gasteiger charge is -2.31. The number of hydrogen-bond acceptors (Lipinski definition) is 4. The highest BCUT2D eigenvalue weighted by atomic mass is 31.0. The molecule has 0 saturated heterocycles. The highest BCUT2D eigenvalue weighted by Gasteiger charge is 2.42. The fourth-order valence-corrected chi connectivity index (χ4v) is 5.49. The molecule has 152 valence electrons. The topological polar surface area (TPSA) is 47.9 Å². The van der Waals surface area contributed by atoms with Gasteiger partial charge in [0.1, 0.15) is 0 Å². The van der Waals surface area contributed by atoms with Crippen LogP contribution in [0.3, 0.4) is 0 Å². The van der Waals surface area contributed by atoms with Crippen LogP contribution >= 0.6 is 18.9 Å². The van der Waals surface area contributed by atoms with E-state index >= 15 is 0 Å². The Balaban J connectivity index is 1.89. The molecule has 2 fully saturated rings. The summed E-state index contributed by atoms with van der Waals surface area (Å²) in [6.45, 7) is 3.39. The molecular weight excluding hydrogens is 366 g/mol. The molecule has 0 amide bonds. The van der Waals surface area contributed by atoms with Gasteiger partial charge in [0.05, 0.1) is 24.9 Å². The molecule has 0 aliphatic heterocycles. The van der Waals surface area contributed by atoms with Gasteiger partial charge in [0.25, 0.3) is 0 Å². The smallest absolute Gasteiger partial charge is 0.0667 e. The van der Waals surface area contributed by atoms with E-state index in [1.807, 2.05) is 6.92 Å². The summed E-state index contributed by atoms with van der Waals surface area (Å²) in [6.07, 6.45) is 14.7. The van der Waals surface area contributed by atoms with Crippen LogP contribution < -0.4 is 0 Å². The average molecular weight is 404 g/mol.